The first-order valence-electron chi connectivity index (χ1n) is 7.09. The van der Waals surface area contributed by atoms with Gasteiger partial charge in [-0.2, -0.15) is 0 Å². The van der Waals surface area contributed by atoms with E-state index in [2.05, 4.69) is 10.2 Å². The maximum absolute atomic E-state index is 12.9. The molecule has 0 spiro atoms. The van der Waals surface area contributed by atoms with Gasteiger partial charge >= 0.3 is 0 Å². The van der Waals surface area contributed by atoms with E-state index >= 15 is 0 Å². The zero-order valence-electron chi connectivity index (χ0n) is 12.9. The predicted molar refractivity (Wildman–Crippen MR) is 89.0 cm³/mol. The molecule has 0 amide bonds. The van der Waals surface area contributed by atoms with Crippen molar-refractivity contribution in [3.63, 3.8) is 0 Å². The number of para-hydroxylation sites is 1. The molecule has 1 heterocycles. The van der Waals surface area contributed by atoms with Crippen LogP contribution in [-0.2, 0) is 12.8 Å². The molecule has 2 aromatic carbocycles. The number of hydrogen-bond acceptors (Lipinski definition) is 4. The average Bonchev–Trinajstić information content (AvgIpc) is 2.95. The molecule has 0 radical (unpaired) electrons. The van der Waals surface area contributed by atoms with Crippen molar-refractivity contribution in [3.8, 4) is 17.1 Å². The van der Waals surface area contributed by atoms with Gasteiger partial charge in [-0.15, -0.1) is 10.2 Å². The van der Waals surface area contributed by atoms with Crippen LogP contribution in [0.5, 0.6) is 5.75 Å². The third kappa shape index (κ3) is 3.37. The molecule has 0 saturated carbocycles. The van der Waals surface area contributed by atoms with Crippen molar-refractivity contribution in [1.29, 1.82) is 0 Å². The second kappa shape index (κ2) is 6.83. The normalized spacial score (nSPS) is 10.7. The number of aromatic nitrogens is 3. The molecule has 0 fully saturated rings. The molecule has 0 aliphatic heterocycles. The molecule has 0 saturated heterocycles. The molecule has 118 valence electrons. The van der Waals surface area contributed by atoms with E-state index in [0.29, 0.717) is 5.75 Å². The lowest BCUT2D eigenvalue weighted by molar-refractivity contribution is 0.416. The molecule has 0 N–H and O–H groups in total. The van der Waals surface area contributed by atoms with Crippen molar-refractivity contribution >= 4 is 11.8 Å². The molecule has 3 rings (SSSR count). The fraction of sp³-hybridized carbons (Fsp3) is 0.176. The van der Waals surface area contributed by atoms with Crippen LogP contribution >= 0.6 is 11.8 Å². The maximum atomic E-state index is 12.9. The molecule has 3 aromatic rings. The maximum Gasteiger partial charge on any atom is 0.191 e. The van der Waals surface area contributed by atoms with Crippen molar-refractivity contribution in [2.24, 2.45) is 7.05 Å². The Labute approximate surface area is 138 Å². The first-order valence-corrected chi connectivity index (χ1v) is 8.07. The highest BCUT2D eigenvalue weighted by Gasteiger charge is 2.14. The van der Waals surface area contributed by atoms with Gasteiger partial charge < -0.3 is 9.30 Å². The molecule has 0 aliphatic carbocycles. The number of benzene rings is 2. The highest BCUT2D eigenvalue weighted by molar-refractivity contribution is 7.98. The summed E-state index contributed by atoms with van der Waals surface area (Å²) in [7, 11) is 3.56. The molecule has 0 aliphatic rings. The summed E-state index contributed by atoms with van der Waals surface area (Å²) >= 11 is 1.56. The average molecular weight is 329 g/mol. The number of rotatable bonds is 5. The minimum absolute atomic E-state index is 0.226. The van der Waals surface area contributed by atoms with Crippen LogP contribution in [0.2, 0.25) is 0 Å². The van der Waals surface area contributed by atoms with Crippen molar-refractivity contribution in [2.45, 2.75) is 10.9 Å². The lowest BCUT2D eigenvalue weighted by atomic mass is 10.2. The Balaban J connectivity index is 1.80. The van der Waals surface area contributed by atoms with Gasteiger partial charge in [0.2, 0.25) is 0 Å². The topological polar surface area (TPSA) is 39.9 Å². The van der Waals surface area contributed by atoms with Crippen LogP contribution in [0.3, 0.4) is 0 Å². The zero-order chi connectivity index (χ0) is 16.2. The lowest BCUT2D eigenvalue weighted by Crippen LogP contribution is -1.97. The van der Waals surface area contributed by atoms with Crippen LogP contribution in [-0.4, -0.2) is 21.9 Å². The van der Waals surface area contributed by atoms with Crippen LogP contribution < -0.4 is 4.74 Å². The second-order valence-electron chi connectivity index (χ2n) is 4.98. The van der Waals surface area contributed by atoms with Gasteiger partial charge in [-0.1, -0.05) is 36.0 Å². The Morgan fingerprint density at radius 2 is 1.83 bits per heavy atom. The fourth-order valence-corrected chi connectivity index (χ4v) is 3.10. The summed E-state index contributed by atoms with van der Waals surface area (Å²) in [5.41, 5.74) is 1.94. The number of nitrogens with zero attached hydrogens (tertiary/aromatic N) is 3. The van der Waals surface area contributed by atoms with Crippen LogP contribution in [0, 0.1) is 5.82 Å². The SMILES string of the molecule is COc1ccccc1-c1nnc(SCc2ccc(F)cc2)n1C. The fourth-order valence-electron chi connectivity index (χ4n) is 2.23. The van der Waals surface area contributed by atoms with Crippen LogP contribution in [0.1, 0.15) is 5.56 Å². The molecular weight excluding hydrogens is 313 g/mol. The summed E-state index contributed by atoms with van der Waals surface area (Å²) in [6.45, 7) is 0. The minimum Gasteiger partial charge on any atom is -0.496 e. The van der Waals surface area contributed by atoms with E-state index in [1.54, 1.807) is 31.0 Å². The summed E-state index contributed by atoms with van der Waals surface area (Å²) in [5.74, 6) is 2.00. The predicted octanol–water partition coefficient (Wildman–Crippen LogP) is 3.92. The molecule has 0 bridgehead atoms. The van der Waals surface area contributed by atoms with E-state index in [9.17, 15) is 4.39 Å². The summed E-state index contributed by atoms with van der Waals surface area (Å²) in [4.78, 5) is 0. The standard InChI is InChI=1S/C17H16FN3OS/c1-21-16(14-5-3-4-6-15(14)22-2)19-20-17(21)23-11-12-7-9-13(18)10-8-12/h3-10H,11H2,1-2H3. The quantitative estimate of drug-likeness (QED) is 0.665. The van der Waals surface area contributed by atoms with E-state index in [-0.39, 0.29) is 5.82 Å². The van der Waals surface area contributed by atoms with Gasteiger partial charge in [0.05, 0.1) is 12.7 Å². The molecule has 0 unspecified atom stereocenters. The van der Waals surface area contributed by atoms with E-state index in [1.165, 1.54) is 12.1 Å². The number of halogens is 1. The van der Waals surface area contributed by atoms with Gasteiger partial charge in [-0.3, -0.25) is 0 Å². The largest absolute Gasteiger partial charge is 0.496 e. The van der Waals surface area contributed by atoms with Crippen molar-refractivity contribution in [1.82, 2.24) is 14.8 Å². The first kappa shape index (κ1) is 15.6. The molecule has 0 atom stereocenters. The van der Waals surface area contributed by atoms with Gasteiger partial charge in [0.15, 0.2) is 11.0 Å². The van der Waals surface area contributed by atoms with Crippen molar-refractivity contribution in [3.05, 3.63) is 59.9 Å². The van der Waals surface area contributed by atoms with Gasteiger partial charge in [0, 0.05) is 12.8 Å². The van der Waals surface area contributed by atoms with Gasteiger partial charge in [0.1, 0.15) is 11.6 Å². The van der Waals surface area contributed by atoms with Gasteiger partial charge in [0.25, 0.3) is 0 Å². The Kier molecular flexibility index (Phi) is 4.62. The molecule has 1 aromatic heterocycles. The number of hydrogen-bond donors (Lipinski definition) is 0. The third-order valence-corrected chi connectivity index (χ3v) is 4.56. The van der Waals surface area contributed by atoms with E-state index in [1.807, 2.05) is 35.9 Å². The Hall–Kier alpha value is -2.34. The van der Waals surface area contributed by atoms with Crippen molar-refractivity contribution in [2.75, 3.05) is 7.11 Å². The number of thioether (sulfide) groups is 1. The molecule has 4 nitrogen and oxygen atoms in total. The van der Waals surface area contributed by atoms with Gasteiger partial charge in [-0.05, 0) is 29.8 Å². The lowest BCUT2D eigenvalue weighted by Gasteiger charge is -2.08. The number of methoxy groups -OCH3 is 1. The van der Waals surface area contributed by atoms with Crippen LogP contribution in [0.25, 0.3) is 11.4 Å². The van der Waals surface area contributed by atoms with E-state index in [4.69, 9.17) is 4.74 Å². The smallest absolute Gasteiger partial charge is 0.191 e. The Bertz CT molecular complexity index is 802. The molecular formula is C17H16FN3OS. The van der Waals surface area contributed by atoms with Crippen molar-refractivity contribution < 1.29 is 9.13 Å². The molecule has 23 heavy (non-hydrogen) atoms. The first-order chi connectivity index (χ1) is 11.2. The second-order valence-corrected chi connectivity index (χ2v) is 5.92. The Morgan fingerprint density at radius 3 is 2.57 bits per heavy atom. The highest BCUT2D eigenvalue weighted by Crippen LogP contribution is 2.30. The Morgan fingerprint density at radius 1 is 1.09 bits per heavy atom. The zero-order valence-corrected chi connectivity index (χ0v) is 13.7. The summed E-state index contributed by atoms with van der Waals surface area (Å²) < 4.78 is 20.2. The monoisotopic (exact) mass is 329 g/mol. The van der Waals surface area contributed by atoms with Gasteiger partial charge in [-0.25, -0.2) is 4.39 Å². The van der Waals surface area contributed by atoms with E-state index in [0.717, 1.165) is 27.9 Å². The third-order valence-electron chi connectivity index (χ3n) is 3.46. The number of ether oxygens (including phenoxy) is 1. The molecule has 6 heteroatoms. The van der Waals surface area contributed by atoms with E-state index < -0.39 is 0 Å². The minimum atomic E-state index is -0.226. The van der Waals surface area contributed by atoms with Crippen LogP contribution in [0.4, 0.5) is 4.39 Å². The highest BCUT2D eigenvalue weighted by atomic mass is 32.2. The summed E-state index contributed by atoms with van der Waals surface area (Å²) in [5, 5.41) is 9.32. The summed E-state index contributed by atoms with van der Waals surface area (Å²) in [6.07, 6.45) is 0. The van der Waals surface area contributed by atoms with Crippen LogP contribution in [0.15, 0.2) is 53.7 Å². The summed E-state index contributed by atoms with van der Waals surface area (Å²) in [6, 6.07) is 14.2.